The number of benzene rings is 1. The van der Waals surface area contributed by atoms with E-state index in [1.165, 1.54) is 28.7 Å². The van der Waals surface area contributed by atoms with E-state index in [1.54, 1.807) is 6.07 Å². The summed E-state index contributed by atoms with van der Waals surface area (Å²) in [5, 5.41) is 16.6. The molecule has 0 saturated heterocycles. The van der Waals surface area contributed by atoms with Crippen LogP contribution in [-0.2, 0) is 24.7 Å². The van der Waals surface area contributed by atoms with Crippen molar-refractivity contribution >= 4 is 40.6 Å². The molecule has 152 valence electrons. The fourth-order valence-electron chi connectivity index (χ4n) is 2.62. The van der Waals surface area contributed by atoms with Crippen LogP contribution in [0, 0.1) is 0 Å². The molecule has 29 heavy (non-hydrogen) atoms. The summed E-state index contributed by atoms with van der Waals surface area (Å²) >= 11 is 2.74. The number of rotatable bonds is 9. The van der Waals surface area contributed by atoms with Crippen LogP contribution in [0.25, 0.3) is 0 Å². The third kappa shape index (κ3) is 5.91. The predicted octanol–water partition coefficient (Wildman–Crippen LogP) is 3.14. The number of aryl methyl sites for hydroxylation is 1. The predicted molar refractivity (Wildman–Crippen MR) is 117 cm³/mol. The number of carbonyl (C=O) groups is 2. The molecule has 2 N–H and O–H groups in total. The van der Waals surface area contributed by atoms with E-state index in [2.05, 4.69) is 27.8 Å². The molecule has 9 heteroatoms. The van der Waals surface area contributed by atoms with Crippen LogP contribution in [0.5, 0.6) is 0 Å². The van der Waals surface area contributed by atoms with Crippen LogP contribution in [-0.4, -0.2) is 38.9 Å². The van der Waals surface area contributed by atoms with Crippen LogP contribution < -0.4 is 10.6 Å². The minimum atomic E-state index is -0.0907. The molecule has 0 saturated carbocycles. The number of hydrogen-bond acceptors (Lipinski definition) is 6. The Balaban J connectivity index is 1.45. The third-order valence-electron chi connectivity index (χ3n) is 4.28. The van der Waals surface area contributed by atoms with Gasteiger partial charge in [0.15, 0.2) is 5.16 Å². The third-order valence-corrected chi connectivity index (χ3v) is 6.17. The molecule has 2 heterocycles. The van der Waals surface area contributed by atoms with Crippen LogP contribution >= 0.6 is 23.1 Å². The highest BCUT2D eigenvalue weighted by atomic mass is 32.2. The van der Waals surface area contributed by atoms with Crippen LogP contribution in [0.1, 0.15) is 28.0 Å². The molecule has 2 aromatic heterocycles. The minimum Gasteiger partial charge on any atom is -0.351 e. The molecule has 7 nitrogen and oxygen atoms in total. The number of nitrogens with one attached hydrogen (secondary N) is 2. The Morgan fingerprint density at radius 1 is 1.17 bits per heavy atom. The Bertz CT molecular complexity index is 952. The standard InChI is InChI=1S/C20H23N5O2S2/c1-3-14-6-8-15(9-7-14)22-18(26)13-29-20-24-23-17(25(20)2)10-11-21-19(27)16-5-4-12-28-16/h4-9,12H,3,10-11,13H2,1-2H3,(H,21,27)(H,22,26). The van der Waals surface area contributed by atoms with E-state index in [1.807, 2.05) is 47.3 Å². The minimum absolute atomic E-state index is 0.0830. The quantitative estimate of drug-likeness (QED) is 0.510. The fourth-order valence-corrected chi connectivity index (χ4v) is 3.99. The molecule has 0 radical (unpaired) electrons. The van der Waals surface area contributed by atoms with Crippen LogP contribution in [0.2, 0.25) is 0 Å². The number of anilines is 1. The lowest BCUT2D eigenvalue weighted by molar-refractivity contribution is -0.113. The lowest BCUT2D eigenvalue weighted by Crippen LogP contribution is -2.25. The smallest absolute Gasteiger partial charge is 0.261 e. The van der Waals surface area contributed by atoms with Crippen molar-refractivity contribution in [1.82, 2.24) is 20.1 Å². The van der Waals surface area contributed by atoms with Gasteiger partial charge in [0.05, 0.1) is 10.6 Å². The molecule has 0 aliphatic carbocycles. The lowest BCUT2D eigenvalue weighted by Gasteiger charge is -2.07. The van der Waals surface area contributed by atoms with Crippen molar-refractivity contribution in [2.75, 3.05) is 17.6 Å². The molecule has 0 fully saturated rings. The molecule has 0 spiro atoms. The Morgan fingerprint density at radius 3 is 2.66 bits per heavy atom. The van der Waals surface area contributed by atoms with Gasteiger partial charge >= 0.3 is 0 Å². The Hall–Kier alpha value is -2.65. The van der Waals surface area contributed by atoms with Gasteiger partial charge in [-0.2, -0.15) is 0 Å². The number of thiophene rings is 1. The molecule has 0 atom stereocenters. The highest BCUT2D eigenvalue weighted by molar-refractivity contribution is 7.99. The van der Waals surface area contributed by atoms with Gasteiger partial charge in [-0.25, -0.2) is 0 Å². The Labute approximate surface area is 177 Å². The Kier molecular flexibility index (Phi) is 7.42. The zero-order valence-corrected chi connectivity index (χ0v) is 18.0. The van der Waals surface area contributed by atoms with E-state index in [0.29, 0.717) is 23.0 Å². The van der Waals surface area contributed by atoms with Crippen molar-refractivity contribution in [1.29, 1.82) is 0 Å². The highest BCUT2D eigenvalue weighted by Gasteiger charge is 2.12. The van der Waals surface area contributed by atoms with Crippen LogP contribution in [0.4, 0.5) is 5.69 Å². The molecule has 0 unspecified atom stereocenters. The SMILES string of the molecule is CCc1ccc(NC(=O)CSc2nnc(CCNC(=O)c3cccs3)n2C)cc1. The summed E-state index contributed by atoms with van der Waals surface area (Å²) < 4.78 is 1.85. The average Bonchev–Trinajstić information content (AvgIpc) is 3.38. The van der Waals surface area contributed by atoms with Gasteiger partial charge in [0, 0.05) is 25.7 Å². The molecule has 0 bridgehead atoms. The van der Waals surface area contributed by atoms with Gasteiger partial charge in [0.2, 0.25) is 5.91 Å². The molecule has 0 aliphatic heterocycles. The second-order valence-corrected chi connectivity index (χ2v) is 8.22. The van der Waals surface area contributed by atoms with E-state index in [-0.39, 0.29) is 17.6 Å². The number of aromatic nitrogens is 3. The maximum Gasteiger partial charge on any atom is 0.261 e. The van der Waals surface area contributed by atoms with E-state index in [4.69, 9.17) is 0 Å². The first kappa shape index (κ1) is 21.1. The first-order chi connectivity index (χ1) is 14.1. The molecule has 3 aromatic rings. The molecule has 2 amide bonds. The number of amides is 2. The number of carbonyl (C=O) groups excluding carboxylic acids is 2. The molecular formula is C20H23N5O2S2. The van der Waals surface area contributed by atoms with Gasteiger partial charge in [-0.1, -0.05) is 36.9 Å². The summed E-state index contributed by atoms with van der Waals surface area (Å²) in [5.74, 6) is 0.832. The zero-order valence-electron chi connectivity index (χ0n) is 16.3. The topological polar surface area (TPSA) is 88.9 Å². The maximum atomic E-state index is 12.2. The summed E-state index contributed by atoms with van der Waals surface area (Å²) in [5.41, 5.74) is 2.02. The Morgan fingerprint density at radius 2 is 1.97 bits per heavy atom. The van der Waals surface area contributed by atoms with E-state index in [0.717, 1.165) is 17.9 Å². The average molecular weight is 430 g/mol. The monoisotopic (exact) mass is 429 g/mol. The van der Waals surface area contributed by atoms with Crippen LogP contribution in [0.15, 0.2) is 46.9 Å². The van der Waals surface area contributed by atoms with Gasteiger partial charge in [-0.05, 0) is 35.6 Å². The maximum absolute atomic E-state index is 12.2. The summed E-state index contributed by atoms with van der Waals surface area (Å²) in [7, 11) is 1.86. The zero-order chi connectivity index (χ0) is 20.6. The fraction of sp³-hybridized carbons (Fsp3) is 0.300. The number of hydrogen-bond donors (Lipinski definition) is 2. The van der Waals surface area contributed by atoms with Gasteiger partial charge in [0.1, 0.15) is 5.82 Å². The summed E-state index contributed by atoms with van der Waals surface area (Å²) in [6, 6.07) is 11.5. The largest absolute Gasteiger partial charge is 0.351 e. The van der Waals surface area contributed by atoms with E-state index >= 15 is 0 Å². The first-order valence-corrected chi connectivity index (χ1v) is 11.1. The molecule has 0 aliphatic rings. The van der Waals surface area contributed by atoms with Gasteiger partial charge in [0.25, 0.3) is 5.91 Å². The summed E-state index contributed by atoms with van der Waals surface area (Å²) in [6.07, 6.45) is 1.54. The number of thioether (sulfide) groups is 1. The molecule has 3 rings (SSSR count). The van der Waals surface area contributed by atoms with Crippen molar-refractivity contribution in [3.63, 3.8) is 0 Å². The van der Waals surface area contributed by atoms with Gasteiger partial charge in [-0.15, -0.1) is 21.5 Å². The van der Waals surface area contributed by atoms with E-state index in [9.17, 15) is 9.59 Å². The van der Waals surface area contributed by atoms with Crippen molar-refractivity contribution < 1.29 is 9.59 Å². The van der Waals surface area contributed by atoms with Gasteiger partial charge < -0.3 is 15.2 Å². The summed E-state index contributed by atoms with van der Waals surface area (Å²) in [6.45, 7) is 2.57. The van der Waals surface area contributed by atoms with Crippen molar-refractivity contribution in [3.05, 3.63) is 58.0 Å². The first-order valence-electron chi connectivity index (χ1n) is 9.28. The lowest BCUT2D eigenvalue weighted by atomic mass is 10.1. The second kappa shape index (κ2) is 10.2. The van der Waals surface area contributed by atoms with Crippen molar-refractivity contribution in [2.24, 2.45) is 7.05 Å². The highest BCUT2D eigenvalue weighted by Crippen LogP contribution is 2.17. The second-order valence-electron chi connectivity index (χ2n) is 6.33. The number of nitrogens with zero attached hydrogens (tertiary/aromatic N) is 3. The normalized spacial score (nSPS) is 10.7. The van der Waals surface area contributed by atoms with Crippen LogP contribution in [0.3, 0.4) is 0 Å². The van der Waals surface area contributed by atoms with Gasteiger partial charge in [-0.3, -0.25) is 9.59 Å². The molecule has 1 aromatic carbocycles. The van der Waals surface area contributed by atoms with E-state index < -0.39 is 0 Å². The molecular weight excluding hydrogens is 406 g/mol. The van der Waals surface area contributed by atoms with Crippen molar-refractivity contribution in [2.45, 2.75) is 24.9 Å². The van der Waals surface area contributed by atoms with Crippen molar-refractivity contribution in [3.8, 4) is 0 Å². The summed E-state index contributed by atoms with van der Waals surface area (Å²) in [4.78, 5) is 24.8.